The van der Waals surface area contributed by atoms with Gasteiger partial charge in [0.2, 0.25) is 6.41 Å². The van der Waals surface area contributed by atoms with Crippen LogP contribution in [0.25, 0.3) is 0 Å². The molecule has 0 bridgehead atoms. The van der Waals surface area contributed by atoms with Crippen LogP contribution in [0.4, 0.5) is 30.7 Å². The molecule has 3 aromatic rings. The number of likely N-dealkylation sites (tertiary alicyclic amines) is 1. The average Bonchev–Trinajstić information content (AvgIpc) is 3.41. The van der Waals surface area contributed by atoms with Crippen molar-refractivity contribution in [3.05, 3.63) is 100 Å². The molecule has 1 N–H and O–H groups in total. The first-order valence-electron chi connectivity index (χ1n) is 12.0. The van der Waals surface area contributed by atoms with Crippen molar-refractivity contribution in [3.8, 4) is 0 Å². The van der Waals surface area contributed by atoms with E-state index in [0.717, 1.165) is 12.1 Å². The SMILES string of the molecule is CF.CN[C@@H](c1cc(F)cc(C(F)(F)F)c1)c1ccc(Cl)cn1.Cc1ccccc1.O=CN1CCCC1C(F)F. The summed E-state index contributed by atoms with van der Waals surface area (Å²) in [5, 5.41) is 3.23. The van der Waals surface area contributed by atoms with Crippen LogP contribution in [0, 0.1) is 12.7 Å². The maximum Gasteiger partial charge on any atom is 0.416 e. The average molecular weight is 594 g/mol. The molecule has 4 rings (SSSR count). The Hall–Kier alpha value is -3.18. The Morgan fingerprint density at radius 2 is 1.73 bits per heavy atom. The zero-order valence-electron chi connectivity index (χ0n) is 22.1. The number of rotatable bonds is 5. The fourth-order valence-corrected chi connectivity index (χ4v) is 3.85. The highest BCUT2D eigenvalue weighted by Crippen LogP contribution is 2.33. The van der Waals surface area contributed by atoms with E-state index < -0.39 is 36.1 Å². The van der Waals surface area contributed by atoms with E-state index in [0.29, 0.717) is 49.8 Å². The van der Waals surface area contributed by atoms with Crippen molar-refractivity contribution in [3.63, 3.8) is 0 Å². The van der Waals surface area contributed by atoms with Gasteiger partial charge in [-0.25, -0.2) is 13.2 Å². The highest BCUT2D eigenvalue weighted by atomic mass is 35.5. The summed E-state index contributed by atoms with van der Waals surface area (Å²) in [6.07, 6.45) is -3.96. The Labute approximate surface area is 234 Å². The molecule has 0 radical (unpaired) electrons. The van der Waals surface area contributed by atoms with E-state index in [4.69, 9.17) is 11.6 Å². The van der Waals surface area contributed by atoms with Gasteiger partial charge in [-0.1, -0.05) is 47.5 Å². The first kappa shape index (κ1) is 34.8. The molecule has 220 valence electrons. The van der Waals surface area contributed by atoms with Crippen LogP contribution < -0.4 is 5.32 Å². The predicted molar refractivity (Wildman–Crippen MR) is 142 cm³/mol. The van der Waals surface area contributed by atoms with Crippen molar-refractivity contribution in [1.29, 1.82) is 0 Å². The maximum atomic E-state index is 13.5. The number of hydrogen-bond donors (Lipinski definition) is 1. The van der Waals surface area contributed by atoms with Crippen LogP contribution in [-0.4, -0.2) is 49.5 Å². The highest BCUT2D eigenvalue weighted by Gasteiger charge is 2.32. The lowest BCUT2D eigenvalue weighted by molar-refractivity contribution is -0.137. The minimum Gasteiger partial charge on any atom is -0.337 e. The van der Waals surface area contributed by atoms with Gasteiger partial charge in [0.05, 0.1) is 35.5 Å². The van der Waals surface area contributed by atoms with E-state index in [-0.39, 0.29) is 5.56 Å². The third-order valence-electron chi connectivity index (χ3n) is 5.62. The van der Waals surface area contributed by atoms with Gasteiger partial charge in [-0.05, 0) is 62.7 Å². The standard InChI is InChI=1S/C14H11ClF4N2.C7H8.C6H9F2NO.CH3F/c1-20-13(12-3-2-10(15)7-21-12)8-4-9(14(17,18)19)6-11(16)5-8;1-7-5-3-2-4-6-7;7-6(8)5-2-1-3-9(5)4-10;1-2/h2-7,13,20H,1H3;2-6H,1H3;4-6H,1-3H2;1H3/t13-;;;/m0.../s1. The summed E-state index contributed by atoms with van der Waals surface area (Å²) in [6, 6.07) is 14.3. The number of alkyl halides is 6. The molecule has 2 heterocycles. The van der Waals surface area contributed by atoms with Crippen molar-refractivity contribution in [2.75, 3.05) is 20.8 Å². The fraction of sp³-hybridized carbons (Fsp3) is 0.357. The molecule has 1 fully saturated rings. The molecule has 40 heavy (non-hydrogen) atoms. The summed E-state index contributed by atoms with van der Waals surface area (Å²) in [7, 11) is 2.05. The lowest BCUT2D eigenvalue weighted by Crippen LogP contribution is -2.33. The predicted octanol–water partition coefficient (Wildman–Crippen LogP) is 7.65. The molecule has 0 aliphatic carbocycles. The van der Waals surface area contributed by atoms with E-state index in [2.05, 4.69) is 29.4 Å². The summed E-state index contributed by atoms with van der Waals surface area (Å²) >= 11 is 5.72. The Kier molecular flexibility index (Phi) is 15.2. The second-order valence-corrected chi connectivity index (χ2v) is 8.87. The second-order valence-electron chi connectivity index (χ2n) is 8.44. The Bertz CT molecular complexity index is 1130. The van der Waals surface area contributed by atoms with E-state index in [1.54, 1.807) is 19.2 Å². The topological polar surface area (TPSA) is 45.2 Å². The van der Waals surface area contributed by atoms with Crippen molar-refractivity contribution in [2.45, 2.75) is 44.5 Å². The number of amides is 1. The molecule has 2 aromatic carbocycles. The summed E-state index contributed by atoms with van der Waals surface area (Å²) in [6.45, 7) is 2.57. The molecule has 0 saturated carbocycles. The van der Waals surface area contributed by atoms with Crippen LogP contribution in [0.5, 0.6) is 0 Å². The van der Waals surface area contributed by atoms with E-state index in [1.165, 1.54) is 16.7 Å². The van der Waals surface area contributed by atoms with Crippen LogP contribution >= 0.6 is 11.6 Å². The van der Waals surface area contributed by atoms with Crippen molar-refractivity contribution < 1.29 is 35.5 Å². The van der Waals surface area contributed by atoms with Gasteiger partial charge in [-0.15, -0.1) is 0 Å². The van der Waals surface area contributed by atoms with Gasteiger partial charge in [-0.3, -0.25) is 14.2 Å². The van der Waals surface area contributed by atoms with Crippen LogP contribution in [-0.2, 0) is 11.0 Å². The number of nitrogens with one attached hydrogen (secondary N) is 1. The normalized spacial score (nSPS) is 15.1. The lowest BCUT2D eigenvalue weighted by Gasteiger charge is -2.18. The van der Waals surface area contributed by atoms with E-state index in [9.17, 15) is 35.5 Å². The number of nitrogens with zero attached hydrogens (tertiary/aromatic N) is 2. The van der Waals surface area contributed by atoms with Gasteiger partial charge < -0.3 is 10.2 Å². The van der Waals surface area contributed by atoms with E-state index in [1.807, 2.05) is 18.2 Å². The van der Waals surface area contributed by atoms with Crippen molar-refractivity contribution in [1.82, 2.24) is 15.2 Å². The van der Waals surface area contributed by atoms with Gasteiger partial charge >= 0.3 is 6.18 Å². The Balaban J connectivity index is 0.000000346. The Morgan fingerprint density at radius 1 is 1.07 bits per heavy atom. The number of hydrogen-bond acceptors (Lipinski definition) is 3. The summed E-state index contributed by atoms with van der Waals surface area (Å²) in [4.78, 5) is 15.3. The Morgan fingerprint density at radius 3 is 2.15 bits per heavy atom. The molecular weight excluding hydrogens is 563 g/mol. The van der Waals surface area contributed by atoms with Gasteiger partial charge in [0.1, 0.15) is 5.82 Å². The lowest BCUT2D eigenvalue weighted by atomic mass is 10.0. The van der Waals surface area contributed by atoms with Crippen molar-refractivity contribution >= 4 is 18.0 Å². The van der Waals surface area contributed by atoms with Gasteiger partial charge in [0.15, 0.2) is 0 Å². The summed E-state index contributed by atoms with van der Waals surface area (Å²) in [5.74, 6) is -0.950. The molecule has 1 aliphatic rings. The monoisotopic (exact) mass is 593 g/mol. The molecule has 1 aromatic heterocycles. The minimum atomic E-state index is -4.61. The number of aromatic nitrogens is 1. The maximum absolute atomic E-state index is 13.5. The largest absolute Gasteiger partial charge is 0.416 e. The smallest absolute Gasteiger partial charge is 0.337 e. The van der Waals surface area contributed by atoms with Gasteiger partial charge in [0, 0.05) is 12.7 Å². The first-order valence-corrected chi connectivity index (χ1v) is 12.4. The van der Waals surface area contributed by atoms with Crippen LogP contribution in [0.2, 0.25) is 5.02 Å². The molecule has 4 nitrogen and oxygen atoms in total. The van der Waals surface area contributed by atoms with Crippen molar-refractivity contribution in [2.24, 2.45) is 0 Å². The molecule has 1 amide bonds. The molecule has 0 spiro atoms. The van der Waals surface area contributed by atoms with Gasteiger partial charge in [-0.2, -0.15) is 13.2 Å². The molecule has 1 aliphatic heterocycles. The van der Waals surface area contributed by atoms with Crippen LogP contribution in [0.3, 0.4) is 0 Å². The molecule has 1 unspecified atom stereocenters. The highest BCUT2D eigenvalue weighted by molar-refractivity contribution is 6.30. The number of aryl methyl sites for hydroxylation is 1. The second kappa shape index (κ2) is 17.5. The molecular formula is C28H31ClF7N3O. The third kappa shape index (κ3) is 11.5. The molecule has 12 heteroatoms. The number of carbonyl (C=O) groups excluding carboxylic acids is 1. The number of halogens is 8. The van der Waals surface area contributed by atoms with Crippen LogP contribution in [0.1, 0.15) is 41.3 Å². The zero-order chi connectivity index (χ0) is 30.3. The van der Waals surface area contributed by atoms with Crippen LogP contribution in [0.15, 0.2) is 66.9 Å². The van der Waals surface area contributed by atoms with Gasteiger partial charge in [0.25, 0.3) is 6.43 Å². The number of carbonyl (C=O) groups is 1. The molecule has 2 atom stereocenters. The summed E-state index contributed by atoms with van der Waals surface area (Å²) in [5.41, 5.74) is 0.870. The third-order valence-corrected chi connectivity index (χ3v) is 5.85. The fourth-order valence-electron chi connectivity index (χ4n) is 3.74. The number of pyridine rings is 1. The van der Waals surface area contributed by atoms with E-state index >= 15 is 0 Å². The quantitative estimate of drug-likeness (QED) is 0.244. The number of benzene rings is 2. The summed E-state index contributed by atoms with van der Waals surface area (Å²) < 4.78 is 85.2. The minimum absolute atomic E-state index is 0.139. The first-order chi connectivity index (χ1) is 19.0. The molecule has 1 saturated heterocycles. The zero-order valence-corrected chi connectivity index (χ0v) is 22.9.